The summed E-state index contributed by atoms with van der Waals surface area (Å²) in [5.41, 5.74) is -0.239. The van der Waals surface area contributed by atoms with Crippen molar-refractivity contribution in [2.24, 2.45) is 7.05 Å². The Morgan fingerprint density at radius 3 is 2.54 bits per heavy atom. The predicted octanol–water partition coefficient (Wildman–Crippen LogP) is 2.55. The number of aromatic nitrogens is 2. The SMILES string of the molecule is CC(NS(=O)(=O)c1cn(C)c(C(=O)Nc2ccccn2)c1Cl)C(F)(F)F. The summed E-state index contributed by atoms with van der Waals surface area (Å²) in [4.78, 5) is 15.6. The third kappa shape index (κ3) is 4.34. The van der Waals surface area contributed by atoms with Gasteiger partial charge in [0, 0.05) is 19.4 Å². The number of rotatable bonds is 5. The standard InChI is InChI=1S/C14H14ClF3N4O3S/c1-8(14(16,17)18)21-26(24,25)9-7-22(2)12(11(9)15)13(23)20-10-5-3-4-6-19-10/h3-8,21H,1-2H3,(H,19,20,23). The van der Waals surface area contributed by atoms with Crippen molar-refractivity contribution in [2.75, 3.05) is 5.32 Å². The second kappa shape index (κ2) is 7.25. The molecule has 7 nitrogen and oxygen atoms in total. The predicted molar refractivity (Wildman–Crippen MR) is 88.5 cm³/mol. The fourth-order valence-electron chi connectivity index (χ4n) is 1.99. The van der Waals surface area contributed by atoms with E-state index in [1.54, 1.807) is 12.1 Å². The largest absolute Gasteiger partial charge is 0.404 e. The molecule has 142 valence electrons. The van der Waals surface area contributed by atoms with Crippen LogP contribution in [0.5, 0.6) is 0 Å². The van der Waals surface area contributed by atoms with Gasteiger partial charge in [-0.05, 0) is 19.1 Å². The van der Waals surface area contributed by atoms with Crippen molar-refractivity contribution in [3.8, 4) is 0 Å². The van der Waals surface area contributed by atoms with Gasteiger partial charge in [-0.25, -0.2) is 13.4 Å². The average molecular weight is 411 g/mol. The number of pyridine rings is 1. The lowest BCUT2D eigenvalue weighted by atomic mass is 10.4. The van der Waals surface area contributed by atoms with Crippen molar-refractivity contribution in [1.29, 1.82) is 0 Å². The monoisotopic (exact) mass is 410 g/mol. The molecule has 0 aliphatic carbocycles. The summed E-state index contributed by atoms with van der Waals surface area (Å²) in [6.07, 6.45) is -2.38. The maximum atomic E-state index is 12.6. The molecule has 12 heteroatoms. The molecule has 1 atom stereocenters. The molecular formula is C14H14ClF3N4O3S. The van der Waals surface area contributed by atoms with Gasteiger partial charge in [0.1, 0.15) is 22.4 Å². The molecule has 0 spiro atoms. The molecule has 2 N–H and O–H groups in total. The number of sulfonamides is 1. The Morgan fingerprint density at radius 2 is 2.00 bits per heavy atom. The number of carbonyl (C=O) groups is 1. The number of halogens is 4. The summed E-state index contributed by atoms with van der Waals surface area (Å²) in [6.45, 7) is 0.656. The number of nitrogens with one attached hydrogen (secondary N) is 2. The third-order valence-corrected chi connectivity index (χ3v) is 5.37. The first-order valence-corrected chi connectivity index (χ1v) is 8.96. The minimum atomic E-state index is -4.77. The van der Waals surface area contributed by atoms with Crippen LogP contribution >= 0.6 is 11.6 Å². The lowest BCUT2D eigenvalue weighted by Gasteiger charge is -2.16. The Morgan fingerprint density at radius 1 is 1.35 bits per heavy atom. The van der Waals surface area contributed by atoms with Gasteiger partial charge in [-0.15, -0.1) is 0 Å². The van der Waals surface area contributed by atoms with E-state index >= 15 is 0 Å². The number of anilines is 1. The van der Waals surface area contributed by atoms with Crippen molar-refractivity contribution in [3.63, 3.8) is 0 Å². The number of hydrogen-bond acceptors (Lipinski definition) is 4. The van der Waals surface area contributed by atoms with Crippen LogP contribution in [0.15, 0.2) is 35.5 Å². The van der Waals surface area contributed by atoms with Crippen LogP contribution in [-0.4, -0.2) is 36.1 Å². The van der Waals surface area contributed by atoms with Crippen molar-refractivity contribution in [1.82, 2.24) is 14.3 Å². The van der Waals surface area contributed by atoms with Gasteiger partial charge in [-0.2, -0.15) is 17.9 Å². The van der Waals surface area contributed by atoms with Crippen LogP contribution in [0.3, 0.4) is 0 Å². The Balaban J connectivity index is 2.33. The van der Waals surface area contributed by atoms with Crippen molar-refractivity contribution in [2.45, 2.75) is 24.0 Å². The molecule has 26 heavy (non-hydrogen) atoms. The number of hydrogen-bond donors (Lipinski definition) is 2. The number of amides is 1. The molecule has 0 saturated carbocycles. The first-order valence-electron chi connectivity index (χ1n) is 7.09. The molecule has 2 heterocycles. The fourth-order valence-corrected chi connectivity index (χ4v) is 3.92. The zero-order chi connectivity index (χ0) is 19.7. The minimum absolute atomic E-state index is 0.197. The van der Waals surface area contributed by atoms with E-state index in [4.69, 9.17) is 11.6 Å². The lowest BCUT2D eigenvalue weighted by molar-refractivity contribution is -0.147. The zero-order valence-electron chi connectivity index (χ0n) is 13.5. The number of alkyl halides is 3. The topological polar surface area (TPSA) is 93.1 Å². The summed E-state index contributed by atoms with van der Waals surface area (Å²) >= 11 is 5.97. The summed E-state index contributed by atoms with van der Waals surface area (Å²) in [6, 6.07) is 2.42. The van der Waals surface area contributed by atoms with Gasteiger partial charge in [0.25, 0.3) is 5.91 Å². The van der Waals surface area contributed by atoms with Crippen LogP contribution in [0.1, 0.15) is 17.4 Å². The molecule has 0 radical (unpaired) electrons. The zero-order valence-corrected chi connectivity index (χ0v) is 15.1. The van der Waals surface area contributed by atoms with Crippen LogP contribution in [0.25, 0.3) is 0 Å². The smallest absolute Gasteiger partial charge is 0.344 e. The Labute approximate surface area is 152 Å². The van der Waals surface area contributed by atoms with E-state index in [-0.39, 0.29) is 11.5 Å². The molecule has 1 amide bonds. The molecule has 0 aliphatic heterocycles. The molecule has 0 aromatic carbocycles. The van der Waals surface area contributed by atoms with E-state index in [0.29, 0.717) is 6.92 Å². The second-order valence-electron chi connectivity index (χ2n) is 5.32. The molecule has 0 bridgehead atoms. The highest BCUT2D eigenvalue weighted by atomic mass is 35.5. The van der Waals surface area contributed by atoms with Gasteiger partial charge in [0.05, 0.1) is 5.02 Å². The lowest BCUT2D eigenvalue weighted by Crippen LogP contribution is -2.42. The van der Waals surface area contributed by atoms with Crippen LogP contribution < -0.4 is 10.0 Å². The first kappa shape index (κ1) is 20.2. The van der Waals surface area contributed by atoms with Crippen LogP contribution in [0.2, 0.25) is 5.02 Å². The van der Waals surface area contributed by atoms with Crippen LogP contribution in [-0.2, 0) is 17.1 Å². The molecule has 2 aromatic rings. The molecular weight excluding hydrogens is 397 g/mol. The fraction of sp³-hybridized carbons (Fsp3) is 0.286. The molecule has 0 aliphatic rings. The Hall–Kier alpha value is -2.11. The maximum Gasteiger partial charge on any atom is 0.404 e. The average Bonchev–Trinajstić information content (AvgIpc) is 2.82. The summed E-state index contributed by atoms with van der Waals surface area (Å²) in [5, 5.41) is 1.92. The van der Waals surface area contributed by atoms with E-state index in [0.717, 1.165) is 10.8 Å². The summed E-state index contributed by atoms with van der Waals surface area (Å²) in [5.74, 6) is -0.565. The number of nitrogens with zero attached hydrogens (tertiary/aromatic N) is 2. The van der Waals surface area contributed by atoms with Gasteiger partial charge in [0.2, 0.25) is 10.0 Å². The second-order valence-corrected chi connectivity index (χ2v) is 7.38. The number of aryl methyl sites for hydroxylation is 1. The van der Waals surface area contributed by atoms with Crippen LogP contribution in [0.4, 0.5) is 19.0 Å². The minimum Gasteiger partial charge on any atom is -0.344 e. The van der Waals surface area contributed by atoms with E-state index in [1.165, 1.54) is 24.0 Å². The van der Waals surface area contributed by atoms with Gasteiger partial charge in [-0.1, -0.05) is 17.7 Å². The van der Waals surface area contributed by atoms with E-state index in [1.807, 2.05) is 0 Å². The molecule has 2 rings (SSSR count). The molecule has 2 aromatic heterocycles. The van der Waals surface area contributed by atoms with Crippen molar-refractivity contribution < 1.29 is 26.4 Å². The highest BCUT2D eigenvalue weighted by molar-refractivity contribution is 7.89. The summed E-state index contributed by atoms with van der Waals surface area (Å²) < 4.78 is 64.8. The van der Waals surface area contributed by atoms with Gasteiger partial charge >= 0.3 is 6.18 Å². The Bertz CT molecular complexity index is 914. The van der Waals surface area contributed by atoms with Gasteiger partial charge in [-0.3, -0.25) is 4.79 Å². The number of carbonyl (C=O) groups excluding carboxylic acids is 1. The maximum absolute atomic E-state index is 12.6. The Kier molecular flexibility index (Phi) is 5.64. The first-order chi connectivity index (χ1) is 11.9. The molecule has 0 saturated heterocycles. The van der Waals surface area contributed by atoms with Crippen LogP contribution in [0, 0.1) is 0 Å². The highest BCUT2D eigenvalue weighted by Crippen LogP contribution is 2.29. The van der Waals surface area contributed by atoms with E-state index < -0.39 is 38.1 Å². The quantitative estimate of drug-likeness (QED) is 0.792. The third-order valence-electron chi connectivity index (χ3n) is 3.32. The van der Waals surface area contributed by atoms with Crippen molar-refractivity contribution >= 4 is 33.3 Å². The van der Waals surface area contributed by atoms with Crippen molar-refractivity contribution in [3.05, 3.63) is 41.3 Å². The van der Waals surface area contributed by atoms with Gasteiger partial charge < -0.3 is 9.88 Å². The molecule has 0 fully saturated rings. The normalized spacial score (nSPS) is 13.5. The highest BCUT2D eigenvalue weighted by Gasteiger charge is 2.40. The van der Waals surface area contributed by atoms with Gasteiger partial charge in [0.15, 0.2) is 0 Å². The summed E-state index contributed by atoms with van der Waals surface area (Å²) in [7, 11) is -3.26. The van der Waals surface area contributed by atoms with E-state index in [2.05, 4.69) is 10.3 Å². The molecule has 1 unspecified atom stereocenters. The van der Waals surface area contributed by atoms with E-state index in [9.17, 15) is 26.4 Å².